The minimum Gasteiger partial charge on any atom is -0.392 e. The van der Waals surface area contributed by atoms with Gasteiger partial charge in [-0.2, -0.15) is 0 Å². The summed E-state index contributed by atoms with van der Waals surface area (Å²) in [5.74, 6) is 0.183. The van der Waals surface area contributed by atoms with E-state index in [9.17, 15) is 5.11 Å². The molecule has 2 unspecified atom stereocenters. The molecule has 1 aliphatic heterocycles. The number of ether oxygens (including phenoxy) is 1. The molecule has 19 heavy (non-hydrogen) atoms. The predicted octanol–water partition coefficient (Wildman–Crippen LogP) is 3.49. The monoisotopic (exact) mass is 262 g/mol. The van der Waals surface area contributed by atoms with E-state index in [2.05, 4.69) is 58.9 Å². The highest BCUT2D eigenvalue weighted by atomic mass is 16.5. The average molecular weight is 262 g/mol. The van der Waals surface area contributed by atoms with Crippen LogP contribution < -0.4 is 0 Å². The molecule has 1 aromatic rings. The van der Waals surface area contributed by atoms with Crippen LogP contribution in [0.15, 0.2) is 24.3 Å². The molecule has 1 heterocycles. The van der Waals surface area contributed by atoms with E-state index >= 15 is 0 Å². The quantitative estimate of drug-likeness (QED) is 0.903. The summed E-state index contributed by atoms with van der Waals surface area (Å²) in [7, 11) is 0. The van der Waals surface area contributed by atoms with Gasteiger partial charge in [-0.1, -0.05) is 29.8 Å². The molecule has 106 valence electrons. The Kier molecular flexibility index (Phi) is 3.76. The number of aryl methyl sites for hydroxylation is 1. The molecule has 2 heteroatoms. The van der Waals surface area contributed by atoms with E-state index < -0.39 is 0 Å². The molecular weight excluding hydrogens is 236 g/mol. The van der Waals surface area contributed by atoms with Crippen molar-refractivity contribution >= 4 is 0 Å². The number of aliphatic hydroxyl groups is 1. The van der Waals surface area contributed by atoms with Crippen LogP contribution in [0.4, 0.5) is 0 Å². The highest BCUT2D eigenvalue weighted by Gasteiger charge is 2.48. The number of aliphatic hydroxyl groups excluding tert-OH is 1. The number of rotatable bonds is 3. The van der Waals surface area contributed by atoms with E-state index in [1.54, 1.807) is 0 Å². The second kappa shape index (κ2) is 4.92. The third-order valence-electron chi connectivity index (χ3n) is 4.14. The van der Waals surface area contributed by atoms with Crippen LogP contribution >= 0.6 is 0 Å². The molecule has 0 spiro atoms. The van der Waals surface area contributed by atoms with Crippen molar-refractivity contribution in [2.24, 2.45) is 5.92 Å². The van der Waals surface area contributed by atoms with Crippen LogP contribution in [0.5, 0.6) is 0 Å². The van der Waals surface area contributed by atoms with E-state index in [1.807, 2.05) is 0 Å². The molecule has 1 aromatic carbocycles. The van der Waals surface area contributed by atoms with Crippen molar-refractivity contribution in [2.45, 2.75) is 64.8 Å². The van der Waals surface area contributed by atoms with E-state index in [-0.39, 0.29) is 23.2 Å². The van der Waals surface area contributed by atoms with Crippen LogP contribution in [-0.2, 0) is 11.2 Å². The zero-order chi connectivity index (χ0) is 14.3. The Morgan fingerprint density at radius 3 is 2.53 bits per heavy atom. The summed E-state index contributed by atoms with van der Waals surface area (Å²) in [6, 6.07) is 8.38. The van der Waals surface area contributed by atoms with Gasteiger partial charge in [-0.25, -0.2) is 0 Å². The number of hydrogen-bond acceptors (Lipinski definition) is 2. The largest absolute Gasteiger partial charge is 0.392 e. The molecule has 0 aliphatic carbocycles. The lowest BCUT2D eigenvalue weighted by Gasteiger charge is -2.30. The molecule has 1 saturated heterocycles. The molecule has 0 amide bonds. The second-order valence-electron chi connectivity index (χ2n) is 7.04. The summed E-state index contributed by atoms with van der Waals surface area (Å²) in [4.78, 5) is 0. The summed E-state index contributed by atoms with van der Waals surface area (Å²) in [6.07, 6.45) is 1.26. The fourth-order valence-corrected chi connectivity index (χ4v) is 3.43. The zero-order valence-corrected chi connectivity index (χ0v) is 12.7. The Balaban J connectivity index is 2.10. The maximum absolute atomic E-state index is 10.6. The Bertz CT molecular complexity index is 448. The van der Waals surface area contributed by atoms with Gasteiger partial charge in [0, 0.05) is 5.92 Å². The fourth-order valence-electron chi connectivity index (χ4n) is 3.43. The molecule has 1 aliphatic rings. The van der Waals surface area contributed by atoms with Crippen molar-refractivity contribution in [3.05, 3.63) is 35.4 Å². The minimum atomic E-state index is -0.349. The maximum atomic E-state index is 10.6. The molecule has 1 fully saturated rings. The third-order valence-corrected chi connectivity index (χ3v) is 4.14. The van der Waals surface area contributed by atoms with Crippen LogP contribution in [0, 0.1) is 12.8 Å². The predicted molar refractivity (Wildman–Crippen MR) is 78.2 cm³/mol. The van der Waals surface area contributed by atoms with Crippen molar-refractivity contribution in [3.8, 4) is 0 Å². The first kappa shape index (κ1) is 14.5. The summed E-state index contributed by atoms with van der Waals surface area (Å²) in [6.45, 7) is 10.5. The highest BCUT2D eigenvalue weighted by Crippen LogP contribution is 2.44. The topological polar surface area (TPSA) is 29.5 Å². The van der Waals surface area contributed by atoms with Crippen molar-refractivity contribution in [3.63, 3.8) is 0 Å². The van der Waals surface area contributed by atoms with Crippen molar-refractivity contribution in [1.29, 1.82) is 0 Å². The van der Waals surface area contributed by atoms with Crippen LogP contribution in [0.2, 0.25) is 0 Å². The van der Waals surface area contributed by atoms with E-state index in [0.29, 0.717) is 6.42 Å². The Morgan fingerprint density at radius 1 is 1.32 bits per heavy atom. The molecule has 0 aromatic heterocycles. The van der Waals surface area contributed by atoms with E-state index in [1.165, 1.54) is 11.1 Å². The van der Waals surface area contributed by atoms with Crippen molar-refractivity contribution in [2.75, 3.05) is 0 Å². The van der Waals surface area contributed by atoms with Gasteiger partial charge in [0.15, 0.2) is 0 Å². The lowest BCUT2D eigenvalue weighted by Crippen LogP contribution is -2.37. The number of benzene rings is 1. The average Bonchev–Trinajstić information content (AvgIpc) is 2.46. The molecule has 2 nitrogen and oxygen atoms in total. The van der Waals surface area contributed by atoms with E-state index in [0.717, 1.165) is 6.42 Å². The molecule has 2 rings (SSSR count). The van der Waals surface area contributed by atoms with Gasteiger partial charge in [0.2, 0.25) is 0 Å². The molecular formula is C17H26O2. The first-order valence-electron chi connectivity index (χ1n) is 7.13. The Hall–Kier alpha value is -0.860. The first-order valence-corrected chi connectivity index (χ1v) is 7.13. The van der Waals surface area contributed by atoms with Gasteiger partial charge in [-0.05, 0) is 53.0 Å². The van der Waals surface area contributed by atoms with Gasteiger partial charge in [0.1, 0.15) is 0 Å². The fraction of sp³-hybridized carbons (Fsp3) is 0.647. The first-order chi connectivity index (χ1) is 8.70. The molecule has 0 radical (unpaired) electrons. The van der Waals surface area contributed by atoms with Gasteiger partial charge in [-0.15, -0.1) is 0 Å². The lowest BCUT2D eigenvalue weighted by atomic mass is 9.81. The molecule has 0 saturated carbocycles. The van der Waals surface area contributed by atoms with Crippen LogP contribution in [0.3, 0.4) is 0 Å². The zero-order valence-electron chi connectivity index (χ0n) is 12.7. The van der Waals surface area contributed by atoms with Crippen LogP contribution in [0.1, 0.15) is 45.2 Å². The summed E-state index contributed by atoms with van der Waals surface area (Å²) < 4.78 is 6.07. The molecule has 2 atom stereocenters. The van der Waals surface area contributed by atoms with Crippen LogP contribution in [-0.4, -0.2) is 22.4 Å². The minimum absolute atomic E-state index is 0.137. The summed E-state index contributed by atoms with van der Waals surface area (Å²) in [5, 5.41) is 10.6. The van der Waals surface area contributed by atoms with Gasteiger partial charge in [0.05, 0.1) is 17.3 Å². The second-order valence-corrected chi connectivity index (χ2v) is 7.04. The Morgan fingerprint density at radius 2 is 2.00 bits per heavy atom. The van der Waals surface area contributed by atoms with Gasteiger partial charge < -0.3 is 9.84 Å². The SMILES string of the molecule is Cc1cccc(CC(O)C2CC(C)(C)OC2(C)C)c1. The summed E-state index contributed by atoms with van der Waals surface area (Å²) >= 11 is 0. The normalized spacial score (nSPS) is 26.3. The maximum Gasteiger partial charge on any atom is 0.0687 e. The van der Waals surface area contributed by atoms with Crippen molar-refractivity contribution in [1.82, 2.24) is 0 Å². The molecule has 0 bridgehead atoms. The highest BCUT2D eigenvalue weighted by molar-refractivity contribution is 5.23. The van der Waals surface area contributed by atoms with E-state index in [4.69, 9.17) is 4.74 Å². The smallest absolute Gasteiger partial charge is 0.0687 e. The van der Waals surface area contributed by atoms with Crippen LogP contribution in [0.25, 0.3) is 0 Å². The third kappa shape index (κ3) is 3.37. The Labute approximate surface area is 116 Å². The standard InChI is InChI=1S/C17H26O2/c1-12-7-6-8-13(9-12)10-15(18)14-11-16(2,3)19-17(14,4)5/h6-9,14-15,18H,10-11H2,1-5H3. The van der Waals surface area contributed by atoms with Gasteiger partial charge in [0.25, 0.3) is 0 Å². The van der Waals surface area contributed by atoms with Gasteiger partial charge >= 0.3 is 0 Å². The van der Waals surface area contributed by atoms with Gasteiger partial charge in [-0.3, -0.25) is 0 Å². The lowest BCUT2D eigenvalue weighted by molar-refractivity contribution is -0.0873. The van der Waals surface area contributed by atoms with Crippen molar-refractivity contribution < 1.29 is 9.84 Å². The molecule has 1 N–H and O–H groups in total. The number of hydrogen-bond donors (Lipinski definition) is 1. The summed E-state index contributed by atoms with van der Waals surface area (Å²) in [5.41, 5.74) is 2.05.